The fourth-order valence-electron chi connectivity index (χ4n) is 1.04. The molecule has 1 rings (SSSR count). The molecule has 4 nitrogen and oxygen atoms in total. The highest BCUT2D eigenvalue weighted by molar-refractivity contribution is 6.33. The van der Waals surface area contributed by atoms with E-state index < -0.39 is 0 Å². The third kappa shape index (κ3) is 2.14. The van der Waals surface area contributed by atoms with E-state index in [9.17, 15) is 4.79 Å². The van der Waals surface area contributed by atoms with Crippen LogP contribution in [0.5, 0.6) is 5.75 Å². The van der Waals surface area contributed by atoms with Gasteiger partial charge in [-0.25, -0.2) is 4.98 Å². The molecule has 0 saturated heterocycles. The summed E-state index contributed by atoms with van der Waals surface area (Å²) in [5.41, 5.74) is 0.276. The van der Waals surface area contributed by atoms with Crippen LogP contribution in [0.1, 0.15) is 17.3 Å². The maximum atomic E-state index is 11.5. The Morgan fingerprint density at radius 1 is 1.71 bits per heavy atom. The van der Waals surface area contributed by atoms with E-state index in [-0.39, 0.29) is 16.6 Å². The van der Waals surface area contributed by atoms with Crippen molar-refractivity contribution in [2.24, 2.45) is 0 Å². The number of nitrogens with one attached hydrogen (secondary N) is 1. The molecule has 1 aromatic rings. The first-order chi connectivity index (χ1) is 6.70. The lowest BCUT2D eigenvalue weighted by atomic mass is 10.2. The van der Waals surface area contributed by atoms with Gasteiger partial charge in [-0.1, -0.05) is 11.6 Å². The number of amides is 1. The normalized spacial score (nSPS) is 9.64. The maximum absolute atomic E-state index is 11.5. The third-order valence-electron chi connectivity index (χ3n) is 1.65. The molecule has 0 aliphatic rings. The second-order valence-corrected chi connectivity index (χ2v) is 2.90. The lowest BCUT2D eigenvalue weighted by Crippen LogP contribution is -2.23. The third-order valence-corrected chi connectivity index (χ3v) is 1.94. The highest BCUT2D eigenvalue weighted by Crippen LogP contribution is 2.23. The lowest BCUT2D eigenvalue weighted by molar-refractivity contribution is 0.0952. The molecule has 1 aromatic heterocycles. The molecule has 0 spiro atoms. The molecule has 1 N–H and O–H groups in total. The molecule has 0 aliphatic heterocycles. The number of methoxy groups -OCH3 is 1. The van der Waals surface area contributed by atoms with Gasteiger partial charge >= 0.3 is 0 Å². The molecule has 0 atom stereocenters. The van der Waals surface area contributed by atoms with Gasteiger partial charge < -0.3 is 10.1 Å². The number of carbonyl (C=O) groups is 1. The number of pyridine rings is 1. The monoisotopic (exact) mass is 214 g/mol. The van der Waals surface area contributed by atoms with Gasteiger partial charge in [0.2, 0.25) is 0 Å². The van der Waals surface area contributed by atoms with Gasteiger partial charge in [0.05, 0.1) is 7.11 Å². The second kappa shape index (κ2) is 4.81. The Morgan fingerprint density at radius 3 is 3.00 bits per heavy atom. The van der Waals surface area contributed by atoms with Crippen LogP contribution in [0.3, 0.4) is 0 Å². The number of nitrogens with zero attached hydrogens (tertiary/aromatic N) is 1. The average Bonchev–Trinajstić information content (AvgIpc) is 2.17. The molecule has 5 heteroatoms. The van der Waals surface area contributed by atoms with Crippen LogP contribution in [0, 0.1) is 0 Å². The van der Waals surface area contributed by atoms with Crippen molar-refractivity contribution in [3.05, 3.63) is 23.0 Å². The van der Waals surface area contributed by atoms with Gasteiger partial charge in [-0.05, 0) is 13.0 Å². The van der Waals surface area contributed by atoms with E-state index in [4.69, 9.17) is 16.3 Å². The Balaban J connectivity index is 3.10. The van der Waals surface area contributed by atoms with E-state index in [2.05, 4.69) is 10.3 Å². The van der Waals surface area contributed by atoms with Crippen molar-refractivity contribution in [2.75, 3.05) is 13.7 Å². The van der Waals surface area contributed by atoms with E-state index >= 15 is 0 Å². The SMILES string of the molecule is CCNC(=O)c1c(OC)ccnc1Cl. The van der Waals surface area contributed by atoms with Gasteiger partial charge in [0, 0.05) is 12.7 Å². The molecular formula is C9H11ClN2O2. The van der Waals surface area contributed by atoms with Crippen molar-refractivity contribution in [1.82, 2.24) is 10.3 Å². The number of rotatable bonds is 3. The van der Waals surface area contributed by atoms with Crippen molar-refractivity contribution in [3.63, 3.8) is 0 Å². The van der Waals surface area contributed by atoms with Gasteiger partial charge in [0.15, 0.2) is 0 Å². The first kappa shape index (κ1) is 10.8. The largest absolute Gasteiger partial charge is 0.496 e. The Morgan fingerprint density at radius 2 is 2.43 bits per heavy atom. The maximum Gasteiger partial charge on any atom is 0.258 e. The van der Waals surface area contributed by atoms with E-state index in [0.717, 1.165) is 0 Å². The van der Waals surface area contributed by atoms with Crippen LogP contribution in [0.15, 0.2) is 12.3 Å². The Hall–Kier alpha value is -1.29. The number of ether oxygens (including phenoxy) is 1. The minimum Gasteiger partial charge on any atom is -0.496 e. The molecule has 0 radical (unpaired) electrons. The highest BCUT2D eigenvalue weighted by Gasteiger charge is 2.16. The van der Waals surface area contributed by atoms with Crippen LogP contribution >= 0.6 is 11.6 Å². The Kier molecular flexibility index (Phi) is 3.71. The lowest BCUT2D eigenvalue weighted by Gasteiger charge is -2.08. The quantitative estimate of drug-likeness (QED) is 0.776. The van der Waals surface area contributed by atoms with Crippen molar-refractivity contribution in [1.29, 1.82) is 0 Å². The van der Waals surface area contributed by atoms with Crippen LogP contribution in [-0.2, 0) is 0 Å². The summed E-state index contributed by atoms with van der Waals surface area (Å²) in [6.45, 7) is 2.36. The first-order valence-corrected chi connectivity index (χ1v) is 4.55. The molecular weight excluding hydrogens is 204 g/mol. The Bertz CT molecular complexity index is 342. The first-order valence-electron chi connectivity index (χ1n) is 4.17. The molecule has 0 saturated carbocycles. The summed E-state index contributed by atoms with van der Waals surface area (Å²) >= 11 is 5.79. The van der Waals surface area contributed by atoms with E-state index in [0.29, 0.717) is 12.3 Å². The smallest absolute Gasteiger partial charge is 0.258 e. The standard InChI is InChI=1S/C9H11ClN2O2/c1-3-11-9(13)7-6(14-2)4-5-12-8(7)10/h4-5H,3H2,1-2H3,(H,11,13). The zero-order valence-electron chi connectivity index (χ0n) is 8.00. The van der Waals surface area contributed by atoms with E-state index in [1.54, 1.807) is 6.07 Å². The van der Waals surface area contributed by atoms with E-state index in [1.165, 1.54) is 13.3 Å². The van der Waals surface area contributed by atoms with E-state index in [1.807, 2.05) is 6.92 Å². The number of carbonyl (C=O) groups excluding carboxylic acids is 1. The zero-order valence-corrected chi connectivity index (χ0v) is 8.76. The fraction of sp³-hybridized carbons (Fsp3) is 0.333. The minimum absolute atomic E-state index is 0.148. The number of aromatic nitrogens is 1. The van der Waals surface area contributed by atoms with Gasteiger partial charge in [0.25, 0.3) is 5.91 Å². The van der Waals surface area contributed by atoms with Crippen molar-refractivity contribution in [2.45, 2.75) is 6.92 Å². The van der Waals surface area contributed by atoms with Crippen LogP contribution in [0.2, 0.25) is 5.15 Å². The Labute approximate surface area is 87.2 Å². The average molecular weight is 215 g/mol. The molecule has 0 aromatic carbocycles. The van der Waals surface area contributed by atoms with Crippen molar-refractivity contribution in [3.8, 4) is 5.75 Å². The topological polar surface area (TPSA) is 51.2 Å². The molecule has 0 bridgehead atoms. The summed E-state index contributed by atoms with van der Waals surface area (Å²) in [6.07, 6.45) is 1.49. The summed E-state index contributed by atoms with van der Waals surface area (Å²) in [7, 11) is 1.48. The molecule has 1 heterocycles. The summed E-state index contributed by atoms with van der Waals surface area (Å²) in [4.78, 5) is 15.3. The van der Waals surface area contributed by atoms with Gasteiger partial charge in [0.1, 0.15) is 16.5 Å². The summed E-state index contributed by atoms with van der Waals surface area (Å²) in [6, 6.07) is 1.59. The van der Waals surface area contributed by atoms with Crippen LogP contribution in [0.4, 0.5) is 0 Å². The predicted molar refractivity (Wildman–Crippen MR) is 53.8 cm³/mol. The van der Waals surface area contributed by atoms with Crippen LogP contribution in [0.25, 0.3) is 0 Å². The molecule has 0 fully saturated rings. The van der Waals surface area contributed by atoms with Crippen LogP contribution < -0.4 is 10.1 Å². The second-order valence-electron chi connectivity index (χ2n) is 2.54. The fourth-order valence-corrected chi connectivity index (χ4v) is 1.28. The molecule has 76 valence electrons. The summed E-state index contributed by atoms with van der Waals surface area (Å²) in [5, 5.41) is 2.78. The zero-order chi connectivity index (χ0) is 10.6. The summed E-state index contributed by atoms with van der Waals surface area (Å²) < 4.78 is 5.01. The van der Waals surface area contributed by atoms with Crippen LogP contribution in [-0.4, -0.2) is 24.5 Å². The number of hydrogen-bond acceptors (Lipinski definition) is 3. The van der Waals surface area contributed by atoms with Gasteiger partial charge in [-0.15, -0.1) is 0 Å². The molecule has 0 unspecified atom stereocenters. The minimum atomic E-state index is -0.276. The van der Waals surface area contributed by atoms with Crippen molar-refractivity contribution < 1.29 is 9.53 Å². The van der Waals surface area contributed by atoms with Crippen molar-refractivity contribution >= 4 is 17.5 Å². The summed E-state index contributed by atoms with van der Waals surface area (Å²) in [5.74, 6) is 0.151. The van der Waals surface area contributed by atoms with Gasteiger partial charge in [-0.2, -0.15) is 0 Å². The highest BCUT2D eigenvalue weighted by atomic mass is 35.5. The molecule has 0 aliphatic carbocycles. The molecule has 14 heavy (non-hydrogen) atoms. The predicted octanol–water partition coefficient (Wildman–Crippen LogP) is 1.49. The number of halogens is 1. The number of hydrogen-bond donors (Lipinski definition) is 1. The van der Waals surface area contributed by atoms with Gasteiger partial charge in [-0.3, -0.25) is 4.79 Å². The molecule has 1 amide bonds.